The second kappa shape index (κ2) is 7.22. The van der Waals surface area contributed by atoms with E-state index in [1.807, 2.05) is 30.3 Å². The molecular weight excluding hydrogens is 276 g/mol. The van der Waals surface area contributed by atoms with Gasteiger partial charge in [-0.25, -0.2) is 0 Å². The van der Waals surface area contributed by atoms with Crippen molar-refractivity contribution in [1.82, 2.24) is 4.98 Å². The van der Waals surface area contributed by atoms with Crippen molar-refractivity contribution in [1.29, 1.82) is 0 Å². The van der Waals surface area contributed by atoms with Gasteiger partial charge in [-0.15, -0.1) is 12.4 Å². The van der Waals surface area contributed by atoms with Crippen LogP contribution in [0.1, 0.15) is 12.5 Å². The number of fused-ring (bicyclic) bond motifs is 1. The van der Waals surface area contributed by atoms with Gasteiger partial charge >= 0.3 is 5.97 Å². The molecule has 1 aromatic carbocycles. The van der Waals surface area contributed by atoms with E-state index in [0.29, 0.717) is 6.42 Å². The molecule has 2 N–H and O–H groups in total. The van der Waals surface area contributed by atoms with Crippen LogP contribution in [0.2, 0.25) is 0 Å². The normalized spacial score (nSPS) is 13.3. The molecule has 5 heteroatoms. The molecule has 1 heterocycles. The first-order valence-corrected chi connectivity index (χ1v) is 6.29. The number of para-hydroxylation sites is 1. The Morgan fingerprint density at radius 3 is 2.75 bits per heavy atom. The molecule has 0 amide bonds. The molecular formula is C15H19ClN2O2. The minimum atomic E-state index is -0.322. The van der Waals surface area contributed by atoms with E-state index in [9.17, 15) is 4.79 Å². The fourth-order valence-corrected chi connectivity index (χ4v) is 2.12. The molecule has 1 aromatic heterocycles. The zero-order valence-electron chi connectivity index (χ0n) is 11.6. The van der Waals surface area contributed by atoms with Crippen LogP contribution in [0.4, 0.5) is 0 Å². The Bertz CT molecular complexity index is 584. The molecule has 2 rings (SSSR count). The van der Waals surface area contributed by atoms with E-state index in [2.05, 4.69) is 4.98 Å². The number of hydrogen-bond donors (Lipinski definition) is 1. The summed E-state index contributed by atoms with van der Waals surface area (Å²) in [6.45, 7) is 1.79. The van der Waals surface area contributed by atoms with Gasteiger partial charge in [-0.3, -0.25) is 9.78 Å². The molecule has 108 valence electrons. The van der Waals surface area contributed by atoms with Gasteiger partial charge in [0.05, 0.1) is 18.5 Å². The SMILES string of the molecule is COC(=O)C(C)C(N)Cc1ccnc2ccccc12.Cl. The lowest BCUT2D eigenvalue weighted by Crippen LogP contribution is -2.36. The molecule has 2 unspecified atom stereocenters. The number of rotatable bonds is 4. The van der Waals surface area contributed by atoms with E-state index in [1.165, 1.54) is 7.11 Å². The number of methoxy groups -OCH3 is 1. The van der Waals surface area contributed by atoms with Crippen LogP contribution in [0.15, 0.2) is 36.5 Å². The van der Waals surface area contributed by atoms with E-state index in [-0.39, 0.29) is 30.3 Å². The highest BCUT2D eigenvalue weighted by Crippen LogP contribution is 2.19. The number of pyridine rings is 1. The number of halogens is 1. The number of ether oxygens (including phenoxy) is 1. The van der Waals surface area contributed by atoms with Gasteiger partial charge in [0.2, 0.25) is 0 Å². The summed E-state index contributed by atoms with van der Waals surface area (Å²) in [6, 6.07) is 9.60. The maximum Gasteiger partial charge on any atom is 0.309 e. The third kappa shape index (κ3) is 3.46. The average molecular weight is 295 g/mol. The second-order valence-corrected chi connectivity index (χ2v) is 4.67. The monoisotopic (exact) mass is 294 g/mol. The van der Waals surface area contributed by atoms with Crippen LogP contribution in [0.3, 0.4) is 0 Å². The quantitative estimate of drug-likeness (QED) is 0.879. The third-order valence-electron chi connectivity index (χ3n) is 3.41. The smallest absolute Gasteiger partial charge is 0.309 e. The summed E-state index contributed by atoms with van der Waals surface area (Å²) >= 11 is 0. The third-order valence-corrected chi connectivity index (χ3v) is 3.41. The molecule has 2 aromatic rings. The number of hydrogen-bond acceptors (Lipinski definition) is 4. The number of carbonyl (C=O) groups excluding carboxylic acids is 1. The number of nitrogens with zero attached hydrogens (tertiary/aromatic N) is 1. The van der Waals surface area contributed by atoms with Crippen molar-refractivity contribution in [2.75, 3.05) is 7.11 Å². The van der Waals surface area contributed by atoms with Gasteiger partial charge in [0.15, 0.2) is 0 Å². The lowest BCUT2D eigenvalue weighted by Gasteiger charge is -2.18. The average Bonchev–Trinajstić information content (AvgIpc) is 2.46. The number of nitrogens with two attached hydrogens (primary N) is 1. The van der Waals surface area contributed by atoms with Gasteiger partial charge < -0.3 is 10.5 Å². The molecule has 0 saturated heterocycles. The summed E-state index contributed by atoms with van der Waals surface area (Å²) < 4.78 is 4.73. The highest BCUT2D eigenvalue weighted by atomic mass is 35.5. The summed E-state index contributed by atoms with van der Waals surface area (Å²) in [4.78, 5) is 15.8. The molecule has 0 bridgehead atoms. The molecule has 0 fully saturated rings. The van der Waals surface area contributed by atoms with E-state index in [0.717, 1.165) is 16.5 Å². The Labute approximate surface area is 124 Å². The van der Waals surface area contributed by atoms with E-state index in [4.69, 9.17) is 10.5 Å². The Morgan fingerprint density at radius 1 is 1.35 bits per heavy atom. The molecule has 0 aliphatic heterocycles. The van der Waals surface area contributed by atoms with Gasteiger partial charge in [0, 0.05) is 17.6 Å². The van der Waals surface area contributed by atoms with Gasteiger partial charge in [-0.05, 0) is 24.1 Å². The number of benzene rings is 1. The van der Waals surface area contributed by atoms with Crippen LogP contribution in [-0.2, 0) is 16.0 Å². The lowest BCUT2D eigenvalue weighted by atomic mass is 9.94. The topological polar surface area (TPSA) is 65.2 Å². The lowest BCUT2D eigenvalue weighted by molar-refractivity contribution is -0.145. The highest BCUT2D eigenvalue weighted by molar-refractivity contribution is 5.85. The highest BCUT2D eigenvalue weighted by Gasteiger charge is 2.22. The predicted octanol–water partition coefficient (Wildman–Crippen LogP) is 2.34. The molecule has 0 aliphatic rings. The zero-order chi connectivity index (χ0) is 13.8. The molecule has 2 atom stereocenters. The first kappa shape index (κ1) is 16.4. The summed E-state index contributed by atoms with van der Waals surface area (Å²) in [6.07, 6.45) is 2.40. The van der Waals surface area contributed by atoms with Gasteiger partial charge in [0.1, 0.15) is 0 Å². The van der Waals surface area contributed by atoms with Crippen LogP contribution >= 0.6 is 12.4 Å². The molecule has 4 nitrogen and oxygen atoms in total. The Hall–Kier alpha value is -1.65. The maximum absolute atomic E-state index is 11.5. The van der Waals surface area contributed by atoms with E-state index >= 15 is 0 Å². The minimum absolute atomic E-state index is 0. The standard InChI is InChI=1S/C15H18N2O2.ClH/c1-10(15(18)19-2)13(16)9-11-7-8-17-14-6-4-3-5-12(11)14;/h3-8,10,13H,9,16H2,1-2H3;1H. The summed E-state index contributed by atoms with van der Waals surface area (Å²) in [7, 11) is 1.38. The number of esters is 1. The van der Waals surface area contributed by atoms with Gasteiger partial charge in [-0.1, -0.05) is 25.1 Å². The Morgan fingerprint density at radius 2 is 2.05 bits per heavy atom. The summed E-state index contributed by atoms with van der Waals surface area (Å²) in [5.41, 5.74) is 8.14. The zero-order valence-corrected chi connectivity index (χ0v) is 12.4. The van der Waals surface area contributed by atoms with Crippen molar-refractivity contribution in [2.24, 2.45) is 11.7 Å². The Balaban J connectivity index is 0.00000200. The molecule has 0 spiro atoms. The summed E-state index contributed by atoms with van der Waals surface area (Å²) in [5, 5.41) is 1.08. The fourth-order valence-electron chi connectivity index (χ4n) is 2.12. The Kier molecular flexibility index (Phi) is 5.92. The van der Waals surface area contributed by atoms with Crippen molar-refractivity contribution < 1.29 is 9.53 Å². The fraction of sp³-hybridized carbons (Fsp3) is 0.333. The first-order valence-electron chi connectivity index (χ1n) is 6.29. The summed E-state index contributed by atoms with van der Waals surface area (Å²) in [5.74, 6) is -0.595. The van der Waals surface area contributed by atoms with Crippen molar-refractivity contribution >= 4 is 29.3 Å². The van der Waals surface area contributed by atoms with Crippen molar-refractivity contribution in [3.05, 3.63) is 42.1 Å². The van der Waals surface area contributed by atoms with Crippen LogP contribution in [0, 0.1) is 5.92 Å². The number of carbonyl (C=O) groups is 1. The second-order valence-electron chi connectivity index (χ2n) is 4.67. The van der Waals surface area contributed by atoms with Crippen LogP contribution in [0.5, 0.6) is 0 Å². The number of aromatic nitrogens is 1. The minimum Gasteiger partial charge on any atom is -0.469 e. The molecule has 0 saturated carbocycles. The molecule has 0 radical (unpaired) electrons. The van der Waals surface area contributed by atoms with Gasteiger partial charge in [0.25, 0.3) is 0 Å². The van der Waals surface area contributed by atoms with Crippen LogP contribution < -0.4 is 5.73 Å². The predicted molar refractivity (Wildman–Crippen MR) is 81.9 cm³/mol. The maximum atomic E-state index is 11.5. The van der Waals surface area contributed by atoms with Crippen LogP contribution in [-0.4, -0.2) is 24.1 Å². The molecule has 0 aliphatic carbocycles. The van der Waals surface area contributed by atoms with E-state index < -0.39 is 0 Å². The van der Waals surface area contributed by atoms with Crippen molar-refractivity contribution in [2.45, 2.75) is 19.4 Å². The molecule has 20 heavy (non-hydrogen) atoms. The largest absolute Gasteiger partial charge is 0.469 e. The van der Waals surface area contributed by atoms with E-state index in [1.54, 1.807) is 13.1 Å². The van der Waals surface area contributed by atoms with Crippen molar-refractivity contribution in [3.8, 4) is 0 Å². The first-order chi connectivity index (χ1) is 9.13. The van der Waals surface area contributed by atoms with Crippen molar-refractivity contribution in [3.63, 3.8) is 0 Å². The van der Waals surface area contributed by atoms with Gasteiger partial charge in [-0.2, -0.15) is 0 Å². The van der Waals surface area contributed by atoms with Crippen LogP contribution in [0.25, 0.3) is 10.9 Å².